The van der Waals surface area contributed by atoms with E-state index >= 15 is 0 Å². The van der Waals surface area contributed by atoms with Crippen molar-refractivity contribution in [3.05, 3.63) is 22.6 Å². The van der Waals surface area contributed by atoms with Crippen LogP contribution in [0.25, 0.3) is 0 Å². The fourth-order valence-corrected chi connectivity index (χ4v) is 3.58. The molecule has 1 aromatic heterocycles. The summed E-state index contributed by atoms with van der Waals surface area (Å²) in [6.07, 6.45) is 2.73. The lowest BCUT2D eigenvalue weighted by atomic mass is 10.0. The van der Waals surface area contributed by atoms with Crippen LogP contribution >= 0.6 is 15.9 Å². The molecule has 0 bridgehead atoms. The smallest absolute Gasteiger partial charge is 0.169 e. The number of furan rings is 1. The Balaban J connectivity index is 1.67. The minimum atomic E-state index is 0.648. The van der Waals surface area contributed by atoms with Crippen LogP contribution in [0.2, 0.25) is 0 Å². The van der Waals surface area contributed by atoms with Crippen molar-refractivity contribution in [2.75, 3.05) is 19.6 Å². The van der Waals surface area contributed by atoms with Gasteiger partial charge < -0.3 is 4.42 Å². The highest BCUT2D eigenvalue weighted by Gasteiger charge is 2.36. The van der Waals surface area contributed by atoms with E-state index in [1.807, 2.05) is 6.07 Å². The summed E-state index contributed by atoms with van der Waals surface area (Å²) in [5.41, 5.74) is 0. The first-order chi connectivity index (χ1) is 8.24. The molecule has 4 heteroatoms. The molecule has 2 saturated heterocycles. The highest BCUT2D eigenvalue weighted by molar-refractivity contribution is 9.10. The summed E-state index contributed by atoms with van der Waals surface area (Å²) in [4.78, 5) is 5.21. The Labute approximate surface area is 111 Å². The molecule has 2 fully saturated rings. The molecule has 17 heavy (non-hydrogen) atoms. The van der Waals surface area contributed by atoms with Crippen LogP contribution in [0.5, 0.6) is 0 Å². The Morgan fingerprint density at radius 2 is 2.24 bits per heavy atom. The van der Waals surface area contributed by atoms with Crippen LogP contribution in [0.1, 0.15) is 25.5 Å². The summed E-state index contributed by atoms with van der Waals surface area (Å²) in [7, 11) is 0. The lowest BCUT2D eigenvalue weighted by Gasteiger charge is -2.42. The quantitative estimate of drug-likeness (QED) is 0.837. The first-order valence-corrected chi connectivity index (χ1v) is 7.25. The molecule has 0 unspecified atom stereocenters. The minimum Gasteiger partial charge on any atom is -0.453 e. The zero-order valence-corrected chi connectivity index (χ0v) is 11.8. The number of halogens is 1. The fraction of sp³-hybridized carbons (Fsp3) is 0.692. The summed E-state index contributed by atoms with van der Waals surface area (Å²) in [6, 6.07) is 5.46. The van der Waals surface area contributed by atoms with E-state index in [2.05, 4.69) is 38.7 Å². The molecule has 0 amide bonds. The van der Waals surface area contributed by atoms with E-state index in [1.54, 1.807) is 0 Å². The SMILES string of the molecule is C[C@H]1[C@H]2CCCN2CCN1Cc1ccc(Br)o1. The molecule has 94 valence electrons. The first kappa shape index (κ1) is 11.8. The molecule has 0 spiro atoms. The maximum absolute atomic E-state index is 5.61. The van der Waals surface area contributed by atoms with Gasteiger partial charge in [0.25, 0.3) is 0 Å². The molecule has 3 nitrogen and oxygen atoms in total. The zero-order valence-electron chi connectivity index (χ0n) is 10.2. The van der Waals surface area contributed by atoms with Gasteiger partial charge in [0.2, 0.25) is 0 Å². The molecular formula is C13H19BrN2O. The van der Waals surface area contributed by atoms with Crippen molar-refractivity contribution in [3.63, 3.8) is 0 Å². The molecule has 2 atom stereocenters. The average Bonchev–Trinajstić information content (AvgIpc) is 2.92. The van der Waals surface area contributed by atoms with Gasteiger partial charge in [0.15, 0.2) is 4.67 Å². The predicted molar refractivity (Wildman–Crippen MR) is 70.9 cm³/mol. The zero-order chi connectivity index (χ0) is 11.8. The lowest BCUT2D eigenvalue weighted by Crippen LogP contribution is -2.55. The summed E-state index contributed by atoms with van der Waals surface area (Å²) in [5, 5.41) is 0. The Morgan fingerprint density at radius 1 is 1.35 bits per heavy atom. The highest BCUT2D eigenvalue weighted by Crippen LogP contribution is 2.28. The Morgan fingerprint density at radius 3 is 3.00 bits per heavy atom. The van der Waals surface area contributed by atoms with Crippen molar-refractivity contribution in [2.45, 2.75) is 38.4 Å². The van der Waals surface area contributed by atoms with Crippen molar-refractivity contribution in [2.24, 2.45) is 0 Å². The third-order valence-electron chi connectivity index (χ3n) is 4.21. The van der Waals surface area contributed by atoms with Crippen LogP contribution in [0.4, 0.5) is 0 Å². The molecule has 0 aromatic carbocycles. The van der Waals surface area contributed by atoms with E-state index in [1.165, 1.54) is 25.9 Å². The molecular weight excluding hydrogens is 280 g/mol. The van der Waals surface area contributed by atoms with Gasteiger partial charge in [-0.15, -0.1) is 0 Å². The molecule has 3 rings (SSSR count). The molecule has 1 aromatic rings. The van der Waals surface area contributed by atoms with E-state index in [-0.39, 0.29) is 0 Å². The highest BCUT2D eigenvalue weighted by atomic mass is 79.9. The Bertz CT molecular complexity index is 393. The van der Waals surface area contributed by atoms with Gasteiger partial charge in [0, 0.05) is 25.2 Å². The maximum atomic E-state index is 5.61. The number of hydrogen-bond acceptors (Lipinski definition) is 3. The van der Waals surface area contributed by atoms with Gasteiger partial charge in [-0.3, -0.25) is 9.80 Å². The van der Waals surface area contributed by atoms with Crippen molar-refractivity contribution < 1.29 is 4.42 Å². The van der Waals surface area contributed by atoms with Crippen LogP contribution < -0.4 is 0 Å². The molecule has 0 aliphatic carbocycles. The van der Waals surface area contributed by atoms with Crippen LogP contribution in [0.15, 0.2) is 21.2 Å². The summed E-state index contributed by atoms with van der Waals surface area (Å²) < 4.78 is 6.44. The number of fused-ring (bicyclic) bond motifs is 1. The van der Waals surface area contributed by atoms with E-state index in [0.29, 0.717) is 6.04 Å². The molecule has 3 heterocycles. The first-order valence-electron chi connectivity index (χ1n) is 6.46. The second kappa shape index (κ2) is 4.75. The van der Waals surface area contributed by atoms with Crippen LogP contribution in [0.3, 0.4) is 0 Å². The Hall–Kier alpha value is -0.320. The van der Waals surface area contributed by atoms with Crippen LogP contribution in [0, 0.1) is 0 Å². The topological polar surface area (TPSA) is 19.6 Å². The molecule has 0 radical (unpaired) electrons. The molecule has 2 aliphatic heterocycles. The van der Waals surface area contributed by atoms with Crippen LogP contribution in [-0.2, 0) is 6.54 Å². The van der Waals surface area contributed by atoms with E-state index < -0.39 is 0 Å². The summed E-state index contributed by atoms with van der Waals surface area (Å²) >= 11 is 3.36. The van der Waals surface area contributed by atoms with E-state index in [9.17, 15) is 0 Å². The number of piperazine rings is 1. The second-order valence-electron chi connectivity index (χ2n) is 5.16. The van der Waals surface area contributed by atoms with Crippen molar-refractivity contribution >= 4 is 15.9 Å². The van der Waals surface area contributed by atoms with Crippen LogP contribution in [-0.4, -0.2) is 41.5 Å². The lowest BCUT2D eigenvalue weighted by molar-refractivity contribution is 0.0424. The summed E-state index contributed by atoms with van der Waals surface area (Å²) in [5.74, 6) is 1.06. The second-order valence-corrected chi connectivity index (χ2v) is 5.94. The van der Waals surface area contributed by atoms with Gasteiger partial charge in [-0.25, -0.2) is 0 Å². The summed E-state index contributed by atoms with van der Waals surface area (Å²) in [6.45, 7) is 6.99. The van der Waals surface area contributed by atoms with Crippen molar-refractivity contribution in [3.8, 4) is 0 Å². The predicted octanol–water partition coefficient (Wildman–Crippen LogP) is 2.71. The van der Waals surface area contributed by atoms with Gasteiger partial charge in [-0.05, 0) is 54.4 Å². The van der Waals surface area contributed by atoms with E-state index in [0.717, 1.165) is 29.6 Å². The van der Waals surface area contributed by atoms with Crippen molar-refractivity contribution in [1.29, 1.82) is 0 Å². The van der Waals surface area contributed by atoms with Gasteiger partial charge in [0.1, 0.15) is 5.76 Å². The largest absolute Gasteiger partial charge is 0.453 e. The van der Waals surface area contributed by atoms with Gasteiger partial charge in [-0.2, -0.15) is 0 Å². The van der Waals surface area contributed by atoms with Gasteiger partial charge >= 0.3 is 0 Å². The van der Waals surface area contributed by atoms with Gasteiger partial charge in [0.05, 0.1) is 6.54 Å². The fourth-order valence-electron chi connectivity index (χ4n) is 3.24. The minimum absolute atomic E-state index is 0.648. The number of nitrogens with zero attached hydrogens (tertiary/aromatic N) is 2. The average molecular weight is 299 g/mol. The number of hydrogen-bond donors (Lipinski definition) is 0. The Kier molecular flexibility index (Phi) is 3.28. The van der Waals surface area contributed by atoms with Gasteiger partial charge in [-0.1, -0.05) is 0 Å². The maximum Gasteiger partial charge on any atom is 0.169 e. The number of rotatable bonds is 2. The standard InChI is InChI=1S/C13H19BrN2O/c1-10-12-3-2-6-15(12)7-8-16(10)9-11-4-5-13(14)17-11/h4-5,10,12H,2-3,6-9H2,1H3/t10-,12+/m0/s1. The normalized spacial score (nSPS) is 30.7. The third kappa shape index (κ3) is 2.30. The molecule has 0 saturated carbocycles. The molecule has 2 aliphatic rings. The van der Waals surface area contributed by atoms with E-state index in [4.69, 9.17) is 4.42 Å². The monoisotopic (exact) mass is 298 g/mol. The van der Waals surface area contributed by atoms with Crippen molar-refractivity contribution in [1.82, 2.24) is 9.80 Å². The molecule has 0 N–H and O–H groups in total. The third-order valence-corrected chi connectivity index (χ3v) is 4.64.